The van der Waals surface area contributed by atoms with Gasteiger partial charge in [0, 0.05) is 38.9 Å². The van der Waals surface area contributed by atoms with Gasteiger partial charge in [-0.25, -0.2) is 4.79 Å². The van der Waals surface area contributed by atoms with Crippen LogP contribution in [0.25, 0.3) is 11.3 Å². The summed E-state index contributed by atoms with van der Waals surface area (Å²) in [5.74, 6) is 0.852. The first-order chi connectivity index (χ1) is 12.9. The minimum Gasteiger partial charge on any atom is -0.492 e. The summed E-state index contributed by atoms with van der Waals surface area (Å²) >= 11 is 0. The van der Waals surface area contributed by atoms with Crippen molar-refractivity contribution in [2.24, 2.45) is 0 Å². The Labute approximate surface area is 160 Å². The molecule has 7 nitrogen and oxygen atoms in total. The number of ether oxygens (including phenoxy) is 2. The molecule has 1 amide bonds. The fourth-order valence-corrected chi connectivity index (χ4v) is 2.92. The second kappa shape index (κ2) is 8.43. The molecule has 0 bridgehead atoms. The van der Waals surface area contributed by atoms with Crippen molar-refractivity contribution < 1.29 is 14.3 Å². The van der Waals surface area contributed by atoms with E-state index in [0.717, 1.165) is 36.6 Å². The van der Waals surface area contributed by atoms with Crippen LogP contribution in [0.4, 0.5) is 4.79 Å². The van der Waals surface area contributed by atoms with Gasteiger partial charge in [0.25, 0.3) is 0 Å². The summed E-state index contributed by atoms with van der Waals surface area (Å²) in [5.41, 5.74) is 1.62. The first kappa shape index (κ1) is 19.2. The third-order valence-electron chi connectivity index (χ3n) is 4.37. The van der Waals surface area contributed by atoms with Crippen molar-refractivity contribution in [3.8, 4) is 17.0 Å². The molecule has 2 aromatic rings. The van der Waals surface area contributed by atoms with E-state index in [0.29, 0.717) is 19.7 Å². The lowest BCUT2D eigenvalue weighted by molar-refractivity contribution is 0.0137. The standard InChI is InChI=1S/C20H28N4O3/c1-20(2,3)27-19(25)24-12-10-23(11-13-24)14-15-26-17-6-4-16(5-7-17)18-8-9-21-22-18/h4-9H,10-15H2,1-3H3,(H,21,22). The molecule has 0 unspecified atom stereocenters. The number of aromatic amines is 1. The van der Waals surface area contributed by atoms with Crippen LogP contribution in [0, 0.1) is 0 Å². The Kier molecular flexibility index (Phi) is 6.01. The van der Waals surface area contributed by atoms with E-state index < -0.39 is 5.60 Å². The van der Waals surface area contributed by atoms with Gasteiger partial charge in [0.15, 0.2) is 0 Å². The van der Waals surface area contributed by atoms with Gasteiger partial charge in [0.1, 0.15) is 18.0 Å². The molecule has 0 saturated carbocycles. The zero-order valence-electron chi connectivity index (χ0n) is 16.3. The molecule has 0 radical (unpaired) electrons. The molecule has 1 saturated heterocycles. The highest BCUT2D eigenvalue weighted by Gasteiger charge is 2.25. The molecule has 1 N–H and O–H groups in total. The van der Waals surface area contributed by atoms with Crippen molar-refractivity contribution in [2.45, 2.75) is 26.4 Å². The van der Waals surface area contributed by atoms with Crippen molar-refractivity contribution in [3.63, 3.8) is 0 Å². The van der Waals surface area contributed by atoms with Crippen LogP contribution in [0.15, 0.2) is 36.5 Å². The van der Waals surface area contributed by atoms with Gasteiger partial charge in [-0.1, -0.05) is 0 Å². The molecule has 27 heavy (non-hydrogen) atoms. The first-order valence-electron chi connectivity index (χ1n) is 9.34. The predicted octanol–water partition coefficient (Wildman–Crippen LogP) is 3.01. The van der Waals surface area contributed by atoms with Crippen LogP contribution in [0.5, 0.6) is 5.75 Å². The van der Waals surface area contributed by atoms with Crippen molar-refractivity contribution in [3.05, 3.63) is 36.5 Å². The molecule has 7 heteroatoms. The van der Waals surface area contributed by atoms with Gasteiger partial charge >= 0.3 is 6.09 Å². The van der Waals surface area contributed by atoms with Crippen molar-refractivity contribution in [1.82, 2.24) is 20.0 Å². The molecule has 1 aromatic heterocycles. The van der Waals surface area contributed by atoms with E-state index in [2.05, 4.69) is 15.1 Å². The number of carbonyl (C=O) groups is 1. The summed E-state index contributed by atoms with van der Waals surface area (Å²) in [6, 6.07) is 9.91. The highest BCUT2D eigenvalue weighted by molar-refractivity contribution is 5.68. The summed E-state index contributed by atoms with van der Waals surface area (Å²) in [6.45, 7) is 10.2. The number of nitrogens with zero attached hydrogens (tertiary/aromatic N) is 3. The summed E-state index contributed by atoms with van der Waals surface area (Å²) in [4.78, 5) is 16.2. The van der Waals surface area contributed by atoms with Crippen molar-refractivity contribution >= 4 is 6.09 Å². The Hall–Kier alpha value is -2.54. The summed E-state index contributed by atoms with van der Waals surface area (Å²) < 4.78 is 11.3. The zero-order chi connectivity index (χ0) is 19.3. The van der Waals surface area contributed by atoms with Crippen molar-refractivity contribution in [2.75, 3.05) is 39.3 Å². The minimum atomic E-state index is -0.449. The Bertz CT molecular complexity index is 715. The molecule has 146 valence electrons. The topological polar surface area (TPSA) is 70.7 Å². The lowest BCUT2D eigenvalue weighted by Gasteiger charge is -2.35. The van der Waals surface area contributed by atoms with Crippen LogP contribution in [0.1, 0.15) is 20.8 Å². The van der Waals surface area contributed by atoms with E-state index >= 15 is 0 Å². The SMILES string of the molecule is CC(C)(C)OC(=O)N1CCN(CCOc2ccc(-c3ccn[nH]3)cc2)CC1. The molecular formula is C20H28N4O3. The average Bonchev–Trinajstić information content (AvgIpc) is 3.16. The number of piperazine rings is 1. The predicted molar refractivity (Wildman–Crippen MR) is 104 cm³/mol. The lowest BCUT2D eigenvalue weighted by Crippen LogP contribution is -2.50. The monoisotopic (exact) mass is 372 g/mol. The second-order valence-corrected chi connectivity index (χ2v) is 7.65. The van der Waals surface area contributed by atoms with E-state index in [1.54, 1.807) is 11.1 Å². The number of aromatic nitrogens is 2. The highest BCUT2D eigenvalue weighted by Crippen LogP contribution is 2.20. The quantitative estimate of drug-likeness (QED) is 0.874. The Morgan fingerprint density at radius 2 is 1.81 bits per heavy atom. The normalized spacial score (nSPS) is 15.6. The smallest absolute Gasteiger partial charge is 0.410 e. The number of nitrogens with one attached hydrogen (secondary N) is 1. The minimum absolute atomic E-state index is 0.226. The molecule has 0 spiro atoms. The van der Waals surface area contributed by atoms with Gasteiger partial charge in [-0.3, -0.25) is 10.00 Å². The number of benzene rings is 1. The molecule has 1 aliphatic heterocycles. The lowest BCUT2D eigenvalue weighted by atomic mass is 10.1. The van der Waals surface area contributed by atoms with Gasteiger partial charge in [-0.05, 0) is 56.7 Å². The Morgan fingerprint density at radius 1 is 1.11 bits per heavy atom. The second-order valence-electron chi connectivity index (χ2n) is 7.65. The number of carbonyl (C=O) groups excluding carboxylic acids is 1. The molecule has 2 heterocycles. The van der Waals surface area contributed by atoms with E-state index in [4.69, 9.17) is 9.47 Å². The van der Waals surface area contributed by atoms with Crippen LogP contribution in [0.3, 0.4) is 0 Å². The van der Waals surface area contributed by atoms with Crippen molar-refractivity contribution in [1.29, 1.82) is 0 Å². The van der Waals surface area contributed by atoms with Crippen LogP contribution in [0.2, 0.25) is 0 Å². The van der Waals surface area contributed by atoms with Gasteiger partial charge in [0.2, 0.25) is 0 Å². The van der Waals surface area contributed by atoms with E-state index in [-0.39, 0.29) is 6.09 Å². The average molecular weight is 372 g/mol. The number of hydrogen-bond donors (Lipinski definition) is 1. The number of rotatable bonds is 5. The highest BCUT2D eigenvalue weighted by atomic mass is 16.6. The van der Waals surface area contributed by atoms with Gasteiger partial charge in [-0.2, -0.15) is 5.10 Å². The maximum atomic E-state index is 12.1. The number of amides is 1. The van der Waals surface area contributed by atoms with Crippen LogP contribution in [-0.2, 0) is 4.74 Å². The van der Waals surface area contributed by atoms with Gasteiger partial charge < -0.3 is 14.4 Å². The molecule has 0 atom stereocenters. The number of hydrogen-bond acceptors (Lipinski definition) is 5. The molecule has 3 rings (SSSR count). The third kappa shape index (κ3) is 5.72. The van der Waals surface area contributed by atoms with E-state index in [1.165, 1.54) is 0 Å². The van der Waals surface area contributed by atoms with E-state index in [1.807, 2.05) is 51.1 Å². The first-order valence-corrected chi connectivity index (χ1v) is 9.34. The fourth-order valence-electron chi connectivity index (χ4n) is 2.92. The van der Waals surface area contributed by atoms with E-state index in [9.17, 15) is 4.79 Å². The van der Waals surface area contributed by atoms with Gasteiger partial charge in [0.05, 0.1) is 5.69 Å². The maximum absolute atomic E-state index is 12.1. The summed E-state index contributed by atoms with van der Waals surface area (Å²) in [6.07, 6.45) is 1.51. The summed E-state index contributed by atoms with van der Waals surface area (Å²) in [5, 5.41) is 6.91. The molecule has 1 aliphatic rings. The zero-order valence-corrected chi connectivity index (χ0v) is 16.3. The Balaban J connectivity index is 1.37. The molecule has 1 aromatic carbocycles. The molecule has 1 fully saturated rings. The third-order valence-corrected chi connectivity index (χ3v) is 4.37. The molecular weight excluding hydrogens is 344 g/mol. The molecule has 0 aliphatic carbocycles. The van der Waals surface area contributed by atoms with Crippen LogP contribution < -0.4 is 4.74 Å². The number of H-pyrrole nitrogens is 1. The van der Waals surface area contributed by atoms with Crippen LogP contribution in [-0.4, -0.2) is 71.0 Å². The van der Waals surface area contributed by atoms with Crippen LogP contribution >= 0.6 is 0 Å². The summed E-state index contributed by atoms with van der Waals surface area (Å²) in [7, 11) is 0. The largest absolute Gasteiger partial charge is 0.492 e. The fraction of sp³-hybridized carbons (Fsp3) is 0.500. The Morgan fingerprint density at radius 3 is 2.41 bits per heavy atom. The maximum Gasteiger partial charge on any atom is 0.410 e. The van der Waals surface area contributed by atoms with Gasteiger partial charge in [-0.15, -0.1) is 0 Å².